The Bertz CT molecular complexity index is 360. The number of alkyl halides is 1. The molecule has 1 aromatic carbocycles. The molecule has 0 fully saturated rings. The summed E-state index contributed by atoms with van der Waals surface area (Å²) in [7, 11) is 1.31. The molecule has 1 aromatic rings. The summed E-state index contributed by atoms with van der Waals surface area (Å²) >= 11 is 5.63. The molecule has 0 N–H and O–H groups in total. The van der Waals surface area contributed by atoms with Crippen molar-refractivity contribution in [3.05, 3.63) is 47.7 Å². The topological polar surface area (TPSA) is 35.5 Å². The summed E-state index contributed by atoms with van der Waals surface area (Å²) in [6.45, 7) is 0.385. The first kappa shape index (κ1) is 12.6. The molecule has 0 aliphatic rings. The number of ether oxygens (including phenoxy) is 2. The highest BCUT2D eigenvalue weighted by atomic mass is 35.5. The second kappa shape index (κ2) is 6.90. The lowest BCUT2D eigenvalue weighted by Gasteiger charge is -2.07. The van der Waals surface area contributed by atoms with Crippen molar-refractivity contribution in [2.45, 2.75) is 6.61 Å². The van der Waals surface area contributed by atoms with Crippen LogP contribution < -0.4 is 0 Å². The van der Waals surface area contributed by atoms with E-state index in [0.29, 0.717) is 12.4 Å². The van der Waals surface area contributed by atoms with Crippen LogP contribution in [0.3, 0.4) is 0 Å². The Morgan fingerprint density at radius 3 is 2.62 bits per heavy atom. The van der Waals surface area contributed by atoms with Crippen LogP contribution >= 0.6 is 11.6 Å². The number of carbonyl (C=O) groups is 1. The average Bonchev–Trinajstić information content (AvgIpc) is 2.35. The fourth-order valence-electron chi connectivity index (χ4n) is 1.06. The van der Waals surface area contributed by atoms with E-state index in [1.165, 1.54) is 13.2 Å². The summed E-state index contributed by atoms with van der Waals surface area (Å²) in [5, 5.41) is 0. The van der Waals surface area contributed by atoms with E-state index in [9.17, 15) is 4.79 Å². The zero-order chi connectivity index (χ0) is 11.8. The summed E-state index contributed by atoms with van der Waals surface area (Å²) in [5.74, 6) is 0.0724. The summed E-state index contributed by atoms with van der Waals surface area (Å²) in [5.41, 5.74) is 1.02. The van der Waals surface area contributed by atoms with Crippen molar-refractivity contribution in [2.75, 3.05) is 13.0 Å². The highest BCUT2D eigenvalue weighted by Crippen LogP contribution is 2.07. The summed E-state index contributed by atoms with van der Waals surface area (Å²) in [6, 6.07) is 9.64. The van der Waals surface area contributed by atoms with Gasteiger partial charge in [-0.2, -0.15) is 0 Å². The second-order valence-corrected chi connectivity index (χ2v) is 3.31. The van der Waals surface area contributed by atoms with Crippen molar-refractivity contribution in [3.63, 3.8) is 0 Å². The van der Waals surface area contributed by atoms with Gasteiger partial charge in [0.05, 0.1) is 19.1 Å². The van der Waals surface area contributed by atoms with Gasteiger partial charge in [-0.05, 0) is 5.56 Å². The van der Waals surface area contributed by atoms with E-state index in [1.54, 1.807) is 0 Å². The van der Waals surface area contributed by atoms with Crippen molar-refractivity contribution in [3.8, 4) is 0 Å². The first-order valence-corrected chi connectivity index (χ1v) is 5.31. The molecule has 0 aliphatic carbocycles. The zero-order valence-electron chi connectivity index (χ0n) is 8.98. The van der Waals surface area contributed by atoms with Crippen LogP contribution in [0, 0.1) is 0 Å². The Balaban J connectivity index is 2.52. The van der Waals surface area contributed by atoms with Gasteiger partial charge in [-0.15, -0.1) is 11.6 Å². The van der Waals surface area contributed by atoms with Gasteiger partial charge in [0.1, 0.15) is 12.4 Å². The van der Waals surface area contributed by atoms with Crippen molar-refractivity contribution in [1.29, 1.82) is 0 Å². The molecule has 16 heavy (non-hydrogen) atoms. The van der Waals surface area contributed by atoms with Crippen LogP contribution in [0.15, 0.2) is 42.2 Å². The largest absolute Gasteiger partial charge is 0.492 e. The predicted molar refractivity (Wildman–Crippen MR) is 62.1 cm³/mol. The third-order valence-corrected chi connectivity index (χ3v) is 2.14. The average molecular weight is 241 g/mol. The number of methoxy groups -OCH3 is 1. The van der Waals surface area contributed by atoms with Gasteiger partial charge >= 0.3 is 5.97 Å². The SMILES string of the molecule is COC(=O)C=C(CCl)OCc1ccccc1. The van der Waals surface area contributed by atoms with Gasteiger partial charge in [0.2, 0.25) is 0 Å². The Labute approximate surface area is 99.6 Å². The molecule has 4 heteroatoms. The van der Waals surface area contributed by atoms with Crippen LogP contribution in [0.25, 0.3) is 0 Å². The number of hydrogen-bond donors (Lipinski definition) is 0. The van der Waals surface area contributed by atoms with Gasteiger partial charge in [0.15, 0.2) is 0 Å². The van der Waals surface area contributed by atoms with Crippen LogP contribution in [0.2, 0.25) is 0 Å². The first-order valence-electron chi connectivity index (χ1n) is 4.77. The van der Waals surface area contributed by atoms with Gasteiger partial charge in [0, 0.05) is 0 Å². The Hall–Kier alpha value is -1.48. The van der Waals surface area contributed by atoms with Crippen LogP contribution in [-0.4, -0.2) is 19.0 Å². The van der Waals surface area contributed by atoms with Crippen molar-refractivity contribution in [1.82, 2.24) is 0 Å². The first-order chi connectivity index (χ1) is 7.76. The fourth-order valence-corrected chi connectivity index (χ4v) is 1.21. The Morgan fingerprint density at radius 2 is 2.06 bits per heavy atom. The van der Waals surface area contributed by atoms with Crippen LogP contribution in [0.5, 0.6) is 0 Å². The monoisotopic (exact) mass is 240 g/mol. The highest BCUT2D eigenvalue weighted by molar-refractivity contribution is 6.19. The van der Waals surface area contributed by atoms with E-state index in [2.05, 4.69) is 4.74 Å². The maximum atomic E-state index is 11.0. The van der Waals surface area contributed by atoms with E-state index < -0.39 is 5.97 Å². The highest BCUT2D eigenvalue weighted by Gasteiger charge is 2.02. The molecule has 0 unspecified atom stereocenters. The van der Waals surface area contributed by atoms with E-state index >= 15 is 0 Å². The van der Waals surface area contributed by atoms with Gasteiger partial charge < -0.3 is 9.47 Å². The third kappa shape index (κ3) is 4.36. The molecule has 0 saturated carbocycles. The van der Waals surface area contributed by atoms with E-state index in [0.717, 1.165) is 5.56 Å². The number of hydrogen-bond acceptors (Lipinski definition) is 3. The summed E-state index contributed by atoms with van der Waals surface area (Å²) in [4.78, 5) is 11.0. The van der Waals surface area contributed by atoms with Crippen LogP contribution in [0.1, 0.15) is 5.56 Å². The predicted octanol–water partition coefficient (Wildman–Crippen LogP) is 2.50. The van der Waals surface area contributed by atoms with Crippen molar-refractivity contribution >= 4 is 17.6 Å². The van der Waals surface area contributed by atoms with Gasteiger partial charge in [-0.3, -0.25) is 0 Å². The summed E-state index contributed by atoms with van der Waals surface area (Å²) in [6.07, 6.45) is 1.25. The van der Waals surface area contributed by atoms with Crippen LogP contribution in [0.4, 0.5) is 0 Å². The van der Waals surface area contributed by atoms with Crippen LogP contribution in [-0.2, 0) is 20.9 Å². The quantitative estimate of drug-likeness (QED) is 0.343. The standard InChI is InChI=1S/C12H13ClO3/c1-15-12(14)7-11(8-13)16-9-10-5-3-2-4-6-10/h2-7H,8-9H2,1H3. The molecule has 0 saturated heterocycles. The molecule has 1 rings (SSSR count). The third-order valence-electron chi connectivity index (χ3n) is 1.88. The Kier molecular flexibility index (Phi) is 5.43. The fraction of sp³-hybridized carbons (Fsp3) is 0.250. The minimum Gasteiger partial charge on any atom is -0.492 e. The number of rotatable bonds is 5. The van der Waals surface area contributed by atoms with E-state index in [-0.39, 0.29) is 5.88 Å². The van der Waals surface area contributed by atoms with E-state index in [1.807, 2.05) is 30.3 Å². The number of halogens is 1. The molecular weight excluding hydrogens is 228 g/mol. The molecule has 0 aliphatic heterocycles. The lowest BCUT2D eigenvalue weighted by molar-refractivity contribution is -0.135. The molecule has 0 amide bonds. The number of allylic oxidation sites excluding steroid dienone is 1. The molecule has 0 aromatic heterocycles. The molecule has 3 nitrogen and oxygen atoms in total. The molecule has 0 spiro atoms. The molecule has 0 bridgehead atoms. The molecule has 0 radical (unpaired) electrons. The molecule has 0 heterocycles. The maximum Gasteiger partial charge on any atom is 0.333 e. The van der Waals surface area contributed by atoms with Crippen molar-refractivity contribution in [2.24, 2.45) is 0 Å². The second-order valence-electron chi connectivity index (χ2n) is 3.04. The van der Waals surface area contributed by atoms with E-state index in [4.69, 9.17) is 16.3 Å². The van der Waals surface area contributed by atoms with Gasteiger partial charge in [-0.1, -0.05) is 30.3 Å². The number of carbonyl (C=O) groups excluding carboxylic acids is 1. The molecule has 86 valence electrons. The summed E-state index contributed by atoms with van der Waals surface area (Å²) < 4.78 is 9.86. The molecule has 0 atom stereocenters. The normalized spacial score (nSPS) is 11.0. The lowest BCUT2D eigenvalue weighted by atomic mass is 10.2. The lowest BCUT2D eigenvalue weighted by Crippen LogP contribution is -2.01. The minimum atomic E-state index is -0.469. The number of esters is 1. The minimum absolute atomic E-state index is 0.141. The van der Waals surface area contributed by atoms with Crippen molar-refractivity contribution < 1.29 is 14.3 Å². The maximum absolute atomic E-state index is 11.0. The smallest absolute Gasteiger partial charge is 0.333 e. The molecular formula is C12H13ClO3. The zero-order valence-corrected chi connectivity index (χ0v) is 9.74. The van der Waals surface area contributed by atoms with Gasteiger partial charge in [-0.25, -0.2) is 4.79 Å². The Morgan fingerprint density at radius 1 is 1.38 bits per heavy atom. The van der Waals surface area contributed by atoms with Gasteiger partial charge in [0.25, 0.3) is 0 Å². The number of benzene rings is 1.